The summed E-state index contributed by atoms with van der Waals surface area (Å²) < 4.78 is 0. The van der Waals surface area contributed by atoms with Gasteiger partial charge in [0.05, 0.1) is 10.7 Å². The predicted molar refractivity (Wildman–Crippen MR) is 123 cm³/mol. The maximum atomic E-state index is 12.2. The summed E-state index contributed by atoms with van der Waals surface area (Å²) in [5.74, 6) is -0.0904. The summed E-state index contributed by atoms with van der Waals surface area (Å²) in [5, 5.41) is 10.4. The number of thiocarbonyl (C=S) groups is 1. The lowest BCUT2D eigenvalue weighted by Gasteiger charge is -2.18. The van der Waals surface area contributed by atoms with Gasteiger partial charge in [0.1, 0.15) is 0 Å². The summed E-state index contributed by atoms with van der Waals surface area (Å²) in [4.78, 5) is 14.5. The van der Waals surface area contributed by atoms with E-state index in [2.05, 4.69) is 34.7 Å². The van der Waals surface area contributed by atoms with Crippen molar-refractivity contribution in [2.75, 3.05) is 36.8 Å². The average molecular weight is 439 g/mol. The van der Waals surface area contributed by atoms with Crippen LogP contribution in [0.15, 0.2) is 42.5 Å². The molecule has 2 aromatic carbocycles. The van der Waals surface area contributed by atoms with E-state index in [9.17, 15) is 4.79 Å². The van der Waals surface area contributed by atoms with E-state index in [0.717, 1.165) is 25.3 Å². The van der Waals surface area contributed by atoms with E-state index < -0.39 is 0 Å². The lowest BCUT2D eigenvalue weighted by molar-refractivity contribution is 0.0949. The summed E-state index contributed by atoms with van der Waals surface area (Å²) in [7, 11) is 0. The Morgan fingerprint density at radius 3 is 2.32 bits per heavy atom. The molecule has 0 unspecified atom stereocenters. The number of nitrogens with one attached hydrogen (secondary N) is 3. The summed E-state index contributed by atoms with van der Waals surface area (Å²) in [6, 6.07) is 12.2. The van der Waals surface area contributed by atoms with Gasteiger partial charge in [0.15, 0.2) is 5.11 Å². The Morgan fingerprint density at radius 2 is 1.71 bits per heavy atom. The first-order valence-corrected chi connectivity index (χ1v) is 10.2. The molecule has 0 aliphatic heterocycles. The number of nitrogens with zero attached hydrogens (tertiary/aromatic N) is 1. The highest BCUT2D eigenvalue weighted by molar-refractivity contribution is 7.80. The van der Waals surface area contributed by atoms with Crippen LogP contribution in [0.3, 0.4) is 0 Å². The fourth-order valence-corrected chi connectivity index (χ4v) is 3.23. The van der Waals surface area contributed by atoms with Crippen LogP contribution < -0.4 is 16.0 Å². The van der Waals surface area contributed by atoms with Crippen LogP contribution >= 0.6 is 35.4 Å². The fraction of sp³-hybridized carbons (Fsp3) is 0.300. The van der Waals surface area contributed by atoms with Crippen molar-refractivity contribution < 1.29 is 4.79 Å². The van der Waals surface area contributed by atoms with Crippen LogP contribution in [0.25, 0.3) is 0 Å². The largest absolute Gasteiger partial charge is 0.351 e. The highest BCUT2D eigenvalue weighted by atomic mass is 35.5. The van der Waals surface area contributed by atoms with Crippen LogP contribution in [0.5, 0.6) is 0 Å². The topological polar surface area (TPSA) is 56.4 Å². The van der Waals surface area contributed by atoms with Gasteiger partial charge in [-0.2, -0.15) is 0 Å². The standard InChI is InChI=1S/C20H24Cl2N4OS/c1-3-26(4-2)12-11-23-19(27)14-5-8-16(9-6-14)24-20(28)25-18-10-7-15(21)13-17(18)22/h5-10,13H,3-4,11-12H2,1-2H3,(H,23,27)(H2,24,25,28). The number of halogens is 2. The molecule has 0 radical (unpaired) electrons. The molecule has 0 aliphatic carbocycles. The number of anilines is 2. The Bertz CT molecular complexity index is 810. The first-order valence-electron chi connectivity index (χ1n) is 9.06. The zero-order valence-electron chi connectivity index (χ0n) is 15.9. The van der Waals surface area contributed by atoms with Gasteiger partial charge in [-0.3, -0.25) is 4.79 Å². The Balaban J connectivity index is 1.86. The maximum Gasteiger partial charge on any atom is 0.251 e. The number of rotatable bonds is 8. The van der Waals surface area contributed by atoms with E-state index in [-0.39, 0.29) is 5.91 Å². The van der Waals surface area contributed by atoms with Crippen LogP contribution in [0.2, 0.25) is 10.0 Å². The van der Waals surface area contributed by atoms with Gasteiger partial charge in [0.2, 0.25) is 0 Å². The Labute approximate surface area is 181 Å². The van der Waals surface area contributed by atoms with Gasteiger partial charge >= 0.3 is 0 Å². The van der Waals surface area contributed by atoms with Crippen LogP contribution in [0.4, 0.5) is 11.4 Å². The summed E-state index contributed by atoms with van der Waals surface area (Å²) >= 11 is 17.3. The molecule has 0 aromatic heterocycles. The quantitative estimate of drug-likeness (QED) is 0.513. The molecule has 0 heterocycles. The molecule has 0 fully saturated rings. The Hall–Kier alpha value is -1.86. The highest BCUT2D eigenvalue weighted by Crippen LogP contribution is 2.25. The molecule has 1 amide bonds. The monoisotopic (exact) mass is 438 g/mol. The van der Waals surface area contributed by atoms with Crippen LogP contribution in [-0.2, 0) is 0 Å². The van der Waals surface area contributed by atoms with Crippen molar-refractivity contribution in [1.82, 2.24) is 10.2 Å². The first-order chi connectivity index (χ1) is 13.4. The molecular formula is C20H24Cl2N4OS. The number of amides is 1. The number of likely N-dealkylation sites (N-methyl/N-ethyl adjacent to an activating group) is 1. The van der Waals surface area contributed by atoms with Crippen LogP contribution in [0, 0.1) is 0 Å². The van der Waals surface area contributed by atoms with E-state index in [4.69, 9.17) is 35.4 Å². The summed E-state index contributed by atoms with van der Waals surface area (Å²) in [6.07, 6.45) is 0. The van der Waals surface area contributed by atoms with Gasteiger partial charge in [0, 0.05) is 29.4 Å². The van der Waals surface area contributed by atoms with Gasteiger partial charge in [-0.15, -0.1) is 0 Å². The van der Waals surface area contributed by atoms with E-state index in [0.29, 0.717) is 33.0 Å². The second-order valence-electron chi connectivity index (χ2n) is 6.06. The SMILES string of the molecule is CCN(CC)CCNC(=O)c1ccc(NC(=S)Nc2ccc(Cl)cc2Cl)cc1. The molecule has 0 saturated carbocycles. The Morgan fingerprint density at radius 1 is 1.04 bits per heavy atom. The summed E-state index contributed by atoms with van der Waals surface area (Å²) in [6.45, 7) is 7.63. The molecule has 150 valence electrons. The smallest absolute Gasteiger partial charge is 0.251 e. The molecule has 0 aliphatic rings. The molecule has 2 aromatic rings. The van der Waals surface area contributed by atoms with Crippen molar-refractivity contribution in [2.45, 2.75) is 13.8 Å². The minimum absolute atomic E-state index is 0.0904. The second kappa shape index (κ2) is 11.2. The van der Waals surface area contributed by atoms with Crippen molar-refractivity contribution in [3.8, 4) is 0 Å². The molecule has 3 N–H and O–H groups in total. The molecule has 0 atom stereocenters. The molecule has 28 heavy (non-hydrogen) atoms. The van der Waals surface area contributed by atoms with Crippen LogP contribution in [0.1, 0.15) is 24.2 Å². The highest BCUT2D eigenvalue weighted by Gasteiger charge is 2.07. The van der Waals surface area contributed by atoms with Crippen molar-refractivity contribution in [1.29, 1.82) is 0 Å². The normalized spacial score (nSPS) is 10.6. The number of carbonyl (C=O) groups is 1. The third kappa shape index (κ3) is 6.95. The third-order valence-electron chi connectivity index (χ3n) is 4.19. The molecule has 2 rings (SSSR count). The zero-order valence-corrected chi connectivity index (χ0v) is 18.2. The summed E-state index contributed by atoms with van der Waals surface area (Å²) in [5.41, 5.74) is 2.03. The van der Waals surface area contributed by atoms with Gasteiger partial charge in [0.25, 0.3) is 5.91 Å². The van der Waals surface area contributed by atoms with Crippen LogP contribution in [-0.4, -0.2) is 42.1 Å². The van der Waals surface area contributed by atoms with E-state index in [1.807, 2.05) is 0 Å². The first kappa shape index (κ1) is 22.4. The number of hydrogen-bond donors (Lipinski definition) is 3. The zero-order chi connectivity index (χ0) is 20.5. The fourth-order valence-electron chi connectivity index (χ4n) is 2.55. The lowest BCUT2D eigenvalue weighted by Crippen LogP contribution is -2.34. The van der Waals surface area contributed by atoms with Gasteiger partial charge < -0.3 is 20.9 Å². The molecule has 5 nitrogen and oxygen atoms in total. The number of hydrogen-bond acceptors (Lipinski definition) is 3. The Kier molecular flexibility index (Phi) is 8.99. The number of benzene rings is 2. The number of carbonyl (C=O) groups excluding carboxylic acids is 1. The lowest BCUT2D eigenvalue weighted by atomic mass is 10.2. The van der Waals surface area contributed by atoms with Crippen molar-refractivity contribution in [3.05, 3.63) is 58.1 Å². The predicted octanol–water partition coefficient (Wildman–Crippen LogP) is 4.87. The minimum Gasteiger partial charge on any atom is -0.351 e. The molecule has 8 heteroatoms. The third-order valence-corrected chi connectivity index (χ3v) is 4.94. The van der Waals surface area contributed by atoms with E-state index in [1.54, 1.807) is 42.5 Å². The van der Waals surface area contributed by atoms with E-state index in [1.165, 1.54) is 0 Å². The maximum absolute atomic E-state index is 12.2. The molecule has 0 bridgehead atoms. The average Bonchev–Trinajstić information content (AvgIpc) is 2.68. The van der Waals surface area contributed by atoms with Gasteiger partial charge in [-0.05, 0) is 67.8 Å². The van der Waals surface area contributed by atoms with Gasteiger partial charge in [-0.1, -0.05) is 37.0 Å². The van der Waals surface area contributed by atoms with Gasteiger partial charge in [-0.25, -0.2) is 0 Å². The van der Waals surface area contributed by atoms with Crippen molar-refractivity contribution in [3.63, 3.8) is 0 Å². The molecule has 0 spiro atoms. The molecular weight excluding hydrogens is 415 g/mol. The molecule has 0 saturated heterocycles. The van der Waals surface area contributed by atoms with Crippen molar-refractivity contribution in [2.24, 2.45) is 0 Å². The minimum atomic E-state index is -0.0904. The van der Waals surface area contributed by atoms with Crippen molar-refractivity contribution >= 4 is 57.8 Å². The second-order valence-corrected chi connectivity index (χ2v) is 7.32. The van der Waals surface area contributed by atoms with E-state index >= 15 is 0 Å².